The van der Waals surface area contributed by atoms with Crippen molar-refractivity contribution in [2.24, 2.45) is 0 Å². The van der Waals surface area contributed by atoms with E-state index in [0.717, 1.165) is 23.3 Å². The fourth-order valence-electron chi connectivity index (χ4n) is 3.52. The summed E-state index contributed by atoms with van der Waals surface area (Å²) in [7, 11) is -3.81. The van der Waals surface area contributed by atoms with Crippen LogP contribution in [0.3, 0.4) is 0 Å². The maximum Gasteiger partial charge on any atom is 0.232 e. The molecule has 0 aliphatic carbocycles. The SMILES string of the molecule is CCCS(=O)(=O)Nc1ccc(F)c(C(=O)Cc2cnc3cc(-c4ccc(C)cc4)nn3c2)c1F. The van der Waals surface area contributed by atoms with E-state index < -0.39 is 38.7 Å². The highest BCUT2D eigenvalue weighted by molar-refractivity contribution is 7.92. The van der Waals surface area contributed by atoms with Crippen molar-refractivity contribution in [2.75, 3.05) is 10.5 Å². The van der Waals surface area contributed by atoms with Gasteiger partial charge < -0.3 is 0 Å². The molecule has 34 heavy (non-hydrogen) atoms. The molecule has 2 aromatic carbocycles. The van der Waals surface area contributed by atoms with Crippen LogP contribution in [0.5, 0.6) is 0 Å². The van der Waals surface area contributed by atoms with Crippen molar-refractivity contribution < 1.29 is 22.0 Å². The van der Waals surface area contributed by atoms with E-state index in [1.54, 1.807) is 19.2 Å². The number of anilines is 1. The van der Waals surface area contributed by atoms with Crippen LogP contribution in [-0.4, -0.2) is 34.6 Å². The van der Waals surface area contributed by atoms with E-state index in [-0.39, 0.29) is 12.2 Å². The van der Waals surface area contributed by atoms with Crippen molar-refractivity contribution in [1.82, 2.24) is 14.6 Å². The van der Waals surface area contributed by atoms with Crippen LogP contribution in [0.4, 0.5) is 14.5 Å². The lowest BCUT2D eigenvalue weighted by atomic mass is 10.0. The number of halogens is 2. The van der Waals surface area contributed by atoms with E-state index in [0.29, 0.717) is 23.3 Å². The Bertz CT molecular complexity index is 1480. The number of carbonyl (C=O) groups is 1. The van der Waals surface area contributed by atoms with E-state index >= 15 is 0 Å². The molecule has 4 aromatic rings. The molecule has 0 fully saturated rings. The van der Waals surface area contributed by atoms with Crippen LogP contribution >= 0.6 is 0 Å². The molecule has 0 aliphatic rings. The third-order valence-corrected chi connectivity index (χ3v) is 6.66. The van der Waals surface area contributed by atoms with Gasteiger partial charge in [-0.2, -0.15) is 5.10 Å². The van der Waals surface area contributed by atoms with Crippen molar-refractivity contribution in [3.05, 3.63) is 83.2 Å². The van der Waals surface area contributed by atoms with E-state index in [9.17, 15) is 22.0 Å². The molecule has 0 saturated carbocycles. The molecule has 1 N–H and O–H groups in total. The second-order valence-corrected chi connectivity index (χ2v) is 9.81. The zero-order chi connectivity index (χ0) is 24.5. The Morgan fingerprint density at radius 2 is 1.85 bits per heavy atom. The highest BCUT2D eigenvalue weighted by Crippen LogP contribution is 2.24. The fraction of sp³-hybridized carbons (Fsp3) is 0.208. The summed E-state index contributed by atoms with van der Waals surface area (Å²) in [5, 5.41) is 4.48. The van der Waals surface area contributed by atoms with Crippen LogP contribution in [0, 0.1) is 18.6 Å². The Balaban J connectivity index is 1.60. The molecule has 7 nitrogen and oxygen atoms in total. The number of aromatic nitrogens is 3. The number of nitrogens with zero attached hydrogens (tertiary/aromatic N) is 3. The van der Waals surface area contributed by atoms with Gasteiger partial charge in [0, 0.05) is 30.4 Å². The van der Waals surface area contributed by atoms with E-state index in [1.807, 2.05) is 31.2 Å². The summed E-state index contributed by atoms with van der Waals surface area (Å²) in [6, 6.07) is 11.4. The van der Waals surface area contributed by atoms with Gasteiger partial charge in [0.1, 0.15) is 5.82 Å². The van der Waals surface area contributed by atoms with Crippen molar-refractivity contribution in [3.8, 4) is 11.3 Å². The lowest BCUT2D eigenvalue weighted by molar-refractivity contribution is 0.0984. The van der Waals surface area contributed by atoms with Gasteiger partial charge in [-0.3, -0.25) is 9.52 Å². The van der Waals surface area contributed by atoms with Crippen LogP contribution in [0.1, 0.15) is 34.8 Å². The van der Waals surface area contributed by atoms with Gasteiger partial charge in [-0.15, -0.1) is 0 Å². The van der Waals surface area contributed by atoms with Crippen molar-refractivity contribution in [1.29, 1.82) is 0 Å². The maximum absolute atomic E-state index is 14.9. The summed E-state index contributed by atoms with van der Waals surface area (Å²) in [5.41, 5.74) is 2.39. The molecule has 0 aliphatic heterocycles. The Morgan fingerprint density at radius 3 is 2.56 bits per heavy atom. The van der Waals surface area contributed by atoms with Crippen LogP contribution in [0.2, 0.25) is 0 Å². The number of fused-ring (bicyclic) bond motifs is 1. The van der Waals surface area contributed by atoms with Gasteiger partial charge in [-0.05, 0) is 31.0 Å². The summed E-state index contributed by atoms with van der Waals surface area (Å²) >= 11 is 0. The number of nitrogens with one attached hydrogen (secondary N) is 1. The molecule has 10 heteroatoms. The smallest absolute Gasteiger partial charge is 0.232 e. The predicted octanol–water partition coefficient (Wildman–Crippen LogP) is 4.56. The number of Topliss-reactive ketones (excluding diaryl/α,β-unsaturated/α-hetero) is 1. The van der Waals surface area contributed by atoms with E-state index in [4.69, 9.17) is 0 Å². The number of ketones is 1. The van der Waals surface area contributed by atoms with Gasteiger partial charge in [0.05, 0.1) is 22.7 Å². The number of aryl methyl sites for hydroxylation is 1. The molecule has 2 aromatic heterocycles. The summed E-state index contributed by atoms with van der Waals surface area (Å²) < 4.78 is 56.8. The van der Waals surface area contributed by atoms with Gasteiger partial charge in [0.2, 0.25) is 10.0 Å². The lowest BCUT2D eigenvalue weighted by Gasteiger charge is -2.11. The molecule has 0 saturated heterocycles. The third-order valence-electron chi connectivity index (χ3n) is 5.19. The highest BCUT2D eigenvalue weighted by Gasteiger charge is 2.23. The first-order valence-electron chi connectivity index (χ1n) is 10.6. The Kier molecular flexibility index (Phi) is 6.43. The first-order valence-corrected chi connectivity index (χ1v) is 12.2. The normalized spacial score (nSPS) is 11.6. The zero-order valence-corrected chi connectivity index (χ0v) is 19.4. The molecule has 0 spiro atoms. The van der Waals surface area contributed by atoms with E-state index in [2.05, 4.69) is 14.8 Å². The molecule has 0 radical (unpaired) electrons. The minimum atomic E-state index is -3.81. The minimum Gasteiger partial charge on any atom is -0.294 e. The Morgan fingerprint density at radius 1 is 1.12 bits per heavy atom. The summed E-state index contributed by atoms with van der Waals surface area (Å²) in [6.07, 6.45) is 2.99. The largest absolute Gasteiger partial charge is 0.294 e. The van der Waals surface area contributed by atoms with E-state index in [1.165, 1.54) is 10.7 Å². The van der Waals surface area contributed by atoms with Crippen LogP contribution in [0.25, 0.3) is 16.9 Å². The Labute approximate surface area is 195 Å². The van der Waals surface area contributed by atoms with Gasteiger partial charge >= 0.3 is 0 Å². The van der Waals surface area contributed by atoms with Crippen molar-refractivity contribution in [3.63, 3.8) is 0 Å². The summed E-state index contributed by atoms with van der Waals surface area (Å²) in [5.74, 6) is -3.40. The first-order chi connectivity index (χ1) is 16.2. The molecular weight excluding hydrogens is 462 g/mol. The average Bonchev–Trinajstić information content (AvgIpc) is 3.19. The molecule has 4 rings (SSSR count). The molecule has 0 atom stereocenters. The zero-order valence-electron chi connectivity index (χ0n) is 18.5. The summed E-state index contributed by atoms with van der Waals surface area (Å²) in [4.78, 5) is 17.1. The fourth-order valence-corrected chi connectivity index (χ4v) is 4.65. The second kappa shape index (κ2) is 9.30. The average molecular weight is 485 g/mol. The predicted molar refractivity (Wildman–Crippen MR) is 125 cm³/mol. The number of hydrogen-bond donors (Lipinski definition) is 1. The molecule has 2 heterocycles. The van der Waals surface area contributed by atoms with Crippen molar-refractivity contribution in [2.45, 2.75) is 26.7 Å². The van der Waals surface area contributed by atoms with Gasteiger partial charge in [-0.1, -0.05) is 36.8 Å². The second-order valence-electron chi connectivity index (χ2n) is 7.97. The third kappa shape index (κ3) is 4.96. The number of benzene rings is 2. The minimum absolute atomic E-state index is 0.229. The molecule has 0 amide bonds. The van der Waals surface area contributed by atoms with Gasteiger partial charge in [0.25, 0.3) is 0 Å². The quantitative estimate of drug-likeness (QED) is 0.370. The monoisotopic (exact) mass is 484 g/mol. The highest BCUT2D eigenvalue weighted by atomic mass is 32.2. The lowest BCUT2D eigenvalue weighted by Crippen LogP contribution is -2.19. The Hall–Kier alpha value is -3.66. The topological polar surface area (TPSA) is 93.4 Å². The van der Waals surface area contributed by atoms with Gasteiger partial charge in [-0.25, -0.2) is 26.7 Å². The van der Waals surface area contributed by atoms with Crippen LogP contribution < -0.4 is 4.72 Å². The maximum atomic E-state index is 14.9. The molecule has 176 valence electrons. The number of sulfonamides is 1. The number of hydrogen-bond acceptors (Lipinski definition) is 5. The summed E-state index contributed by atoms with van der Waals surface area (Å²) in [6.45, 7) is 3.64. The molecule has 0 bridgehead atoms. The van der Waals surface area contributed by atoms with Crippen LogP contribution in [-0.2, 0) is 16.4 Å². The van der Waals surface area contributed by atoms with Crippen LogP contribution in [0.15, 0.2) is 54.9 Å². The molecule has 0 unspecified atom stereocenters. The molecular formula is C24H22F2N4O3S. The number of rotatable bonds is 8. The van der Waals surface area contributed by atoms with Crippen molar-refractivity contribution >= 4 is 27.1 Å². The number of carbonyl (C=O) groups excluding carboxylic acids is 1. The van der Waals surface area contributed by atoms with Gasteiger partial charge in [0.15, 0.2) is 17.2 Å². The standard InChI is InChI=1S/C24H22F2N4O3S/c1-3-10-34(32,33)29-19-9-8-18(25)23(24(19)26)21(31)11-16-13-27-22-12-20(28-30(22)14-16)17-6-4-15(2)5-7-17/h4-9,12-14,29H,3,10-11H2,1-2H3. The first kappa shape index (κ1) is 23.5.